The molecule has 1 amide bonds. The van der Waals surface area contributed by atoms with Crippen LogP contribution in [0.1, 0.15) is 37.7 Å². The Labute approximate surface area is 169 Å². The molecule has 1 aromatic rings. The van der Waals surface area contributed by atoms with Crippen LogP contribution >= 0.6 is 23.2 Å². The Kier molecular flexibility index (Phi) is 5.57. The molecule has 0 unspecified atom stereocenters. The summed E-state index contributed by atoms with van der Waals surface area (Å²) in [6, 6.07) is 3.78. The topological polar surface area (TPSA) is 48.0 Å². The Bertz CT molecular complexity index is 687. The molecule has 2 aliphatic heterocycles. The van der Waals surface area contributed by atoms with Crippen molar-refractivity contribution < 1.29 is 19.0 Å². The number of ether oxygens (including phenoxy) is 3. The van der Waals surface area contributed by atoms with Gasteiger partial charge >= 0.3 is 0 Å². The Morgan fingerprint density at radius 1 is 1.15 bits per heavy atom. The van der Waals surface area contributed by atoms with Crippen molar-refractivity contribution >= 4 is 29.1 Å². The van der Waals surface area contributed by atoms with Crippen LogP contribution in [0.5, 0.6) is 5.75 Å². The summed E-state index contributed by atoms with van der Waals surface area (Å²) in [6.07, 6.45) is 5.00. The van der Waals surface area contributed by atoms with E-state index in [0.29, 0.717) is 35.4 Å². The average molecular weight is 414 g/mol. The van der Waals surface area contributed by atoms with E-state index in [0.717, 1.165) is 44.2 Å². The van der Waals surface area contributed by atoms with Crippen molar-refractivity contribution in [3.8, 4) is 5.75 Å². The number of rotatable bonds is 4. The first kappa shape index (κ1) is 19.3. The molecule has 7 heteroatoms. The Morgan fingerprint density at radius 2 is 1.78 bits per heavy atom. The van der Waals surface area contributed by atoms with E-state index in [4.69, 9.17) is 37.4 Å². The second-order valence-electron chi connectivity index (χ2n) is 7.63. The summed E-state index contributed by atoms with van der Waals surface area (Å²) in [4.78, 5) is 15.1. The highest BCUT2D eigenvalue weighted by Gasteiger charge is 2.44. The number of amides is 1. The zero-order valence-electron chi connectivity index (χ0n) is 15.5. The second kappa shape index (κ2) is 7.78. The van der Waals surface area contributed by atoms with E-state index in [1.54, 1.807) is 19.2 Å². The molecule has 1 atom stereocenters. The van der Waals surface area contributed by atoms with Gasteiger partial charge in [0, 0.05) is 41.4 Å². The molecule has 0 aromatic heterocycles. The zero-order valence-corrected chi connectivity index (χ0v) is 17.0. The Balaban J connectivity index is 1.39. The molecule has 0 N–H and O–H groups in total. The minimum Gasteiger partial charge on any atom is -0.497 e. The lowest BCUT2D eigenvalue weighted by molar-refractivity contribution is -0.184. The summed E-state index contributed by atoms with van der Waals surface area (Å²) in [7, 11) is 1.58. The van der Waals surface area contributed by atoms with Crippen molar-refractivity contribution in [2.45, 2.75) is 50.4 Å². The van der Waals surface area contributed by atoms with Crippen molar-refractivity contribution in [1.29, 1.82) is 0 Å². The predicted molar refractivity (Wildman–Crippen MR) is 103 cm³/mol. The molecule has 3 aliphatic rings. The van der Waals surface area contributed by atoms with Crippen LogP contribution in [0.15, 0.2) is 12.1 Å². The van der Waals surface area contributed by atoms with Gasteiger partial charge in [-0.05, 0) is 43.4 Å². The van der Waals surface area contributed by atoms with Crippen LogP contribution in [-0.4, -0.2) is 49.5 Å². The molecular weight excluding hydrogens is 389 g/mol. The molecule has 5 nitrogen and oxygen atoms in total. The summed E-state index contributed by atoms with van der Waals surface area (Å²) < 4.78 is 16.8. The van der Waals surface area contributed by atoms with Crippen molar-refractivity contribution in [2.75, 3.05) is 26.9 Å². The smallest absolute Gasteiger partial charge is 0.226 e. The SMILES string of the molecule is COc1cc(Cl)c(C[C@@H]2CCN(C3CCC4(CC3)OCCO4)C2=O)c(Cl)c1. The normalized spacial score (nSPS) is 25.5. The number of carbonyl (C=O) groups is 1. The summed E-state index contributed by atoms with van der Waals surface area (Å²) in [5, 5.41) is 1.11. The van der Waals surface area contributed by atoms with E-state index in [1.807, 2.05) is 0 Å². The fraction of sp³-hybridized carbons (Fsp3) is 0.650. The third-order valence-electron chi connectivity index (χ3n) is 6.12. The lowest BCUT2D eigenvalue weighted by Crippen LogP contribution is -2.45. The van der Waals surface area contributed by atoms with E-state index in [2.05, 4.69) is 4.90 Å². The maximum absolute atomic E-state index is 13.0. The van der Waals surface area contributed by atoms with Gasteiger partial charge in [-0.3, -0.25) is 4.79 Å². The van der Waals surface area contributed by atoms with Gasteiger partial charge in [-0.25, -0.2) is 0 Å². The number of likely N-dealkylation sites (tertiary alicyclic amines) is 1. The molecular formula is C20H25Cl2NO4. The van der Waals surface area contributed by atoms with E-state index in [-0.39, 0.29) is 23.7 Å². The van der Waals surface area contributed by atoms with E-state index >= 15 is 0 Å². The molecule has 0 bridgehead atoms. The standard InChI is InChI=1S/C20H25Cl2NO4/c1-25-15-11-17(21)16(18(22)12-15)10-13-4-7-23(19(13)24)14-2-5-20(6-3-14)26-8-9-27-20/h11-14H,2-10H2,1H3/t13-/m0/s1. The van der Waals surface area contributed by atoms with Crippen LogP contribution < -0.4 is 4.74 Å². The van der Waals surface area contributed by atoms with Gasteiger partial charge in [0.05, 0.1) is 20.3 Å². The first-order valence-electron chi connectivity index (χ1n) is 9.62. The van der Waals surface area contributed by atoms with Crippen molar-refractivity contribution in [3.63, 3.8) is 0 Å². The number of benzene rings is 1. The number of methoxy groups -OCH3 is 1. The van der Waals surface area contributed by atoms with Crippen LogP contribution in [0.4, 0.5) is 0 Å². The van der Waals surface area contributed by atoms with Crippen LogP contribution in [0, 0.1) is 5.92 Å². The van der Waals surface area contributed by atoms with Gasteiger partial charge in [-0.2, -0.15) is 0 Å². The summed E-state index contributed by atoms with van der Waals surface area (Å²) in [5.74, 6) is 0.388. The molecule has 1 aromatic carbocycles. The summed E-state index contributed by atoms with van der Waals surface area (Å²) in [5.41, 5.74) is 0.828. The highest BCUT2D eigenvalue weighted by molar-refractivity contribution is 6.36. The second-order valence-corrected chi connectivity index (χ2v) is 8.44. The predicted octanol–water partition coefficient (Wildman–Crippen LogP) is 4.08. The molecule has 148 valence electrons. The number of hydrogen-bond donors (Lipinski definition) is 0. The summed E-state index contributed by atoms with van der Waals surface area (Å²) >= 11 is 12.8. The molecule has 27 heavy (non-hydrogen) atoms. The lowest BCUT2D eigenvalue weighted by Gasteiger charge is -2.39. The summed E-state index contributed by atoms with van der Waals surface area (Å²) in [6.45, 7) is 2.16. The molecule has 0 radical (unpaired) electrons. The minimum absolute atomic E-state index is 0.0664. The Morgan fingerprint density at radius 3 is 2.37 bits per heavy atom. The zero-order chi connectivity index (χ0) is 19.0. The first-order chi connectivity index (χ1) is 13.0. The van der Waals surface area contributed by atoms with Crippen LogP contribution in [0.3, 0.4) is 0 Å². The fourth-order valence-electron chi connectivity index (χ4n) is 4.59. The third kappa shape index (κ3) is 3.80. The maximum atomic E-state index is 13.0. The first-order valence-corrected chi connectivity index (χ1v) is 10.4. The van der Waals surface area contributed by atoms with Gasteiger partial charge in [0.1, 0.15) is 5.75 Å². The van der Waals surface area contributed by atoms with Crippen molar-refractivity contribution in [1.82, 2.24) is 4.90 Å². The van der Waals surface area contributed by atoms with Crippen LogP contribution in [0.2, 0.25) is 10.0 Å². The van der Waals surface area contributed by atoms with Crippen molar-refractivity contribution in [2.24, 2.45) is 5.92 Å². The minimum atomic E-state index is -0.386. The third-order valence-corrected chi connectivity index (χ3v) is 6.80. The number of carbonyl (C=O) groups excluding carboxylic acids is 1. The molecule has 1 spiro atoms. The van der Waals surface area contributed by atoms with E-state index in [9.17, 15) is 4.79 Å². The van der Waals surface area contributed by atoms with Gasteiger partial charge in [0.2, 0.25) is 5.91 Å². The average Bonchev–Trinajstić information content (AvgIpc) is 3.26. The number of hydrogen-bond acceptors (Lipinski definition) is 4. The lowest BCUT2D eigenvalue weighted by atomic mass is 9.89. The quantitative estimate of drug-likeness (QED) is 0.745. The highest BCUT2D eigenvalue weighted by atomic mass is 35.5. The number of halogens is 2. The fourth-order valence-corrected chi connectivity index (χ4v) is 5.22. The van der Waals surface area contributed by atoms with E-state index < -0.39 is 0 Å². The molecule has 4 rings (SSSR count). The molecule has 2 saturated heterocycles. The van der Waals surface area contributed by atoms with Gasteiger partial charge in [0.15, 0.2) is 5.79 Å². The molecule has 2 heterocycles. The van der Waals surface area contributed by atoms with Gasteiger partial charge in [0.25, 0.3) is 0 Å². The van der Waals surface area contributed by atoms with Gasteiger partial charge < -0.3 is 19.1 Å². The maximum Gasteiger partial charge on any atom is 0.226 e. The van der Waals surface area contributed by atoms with Crippen molar-refractivity contribution in [3.05, 3.63) is 27.7 Å². The highest BCUT2D eigenvalue weighted by Crippen LogP contribution is 2.40. The number of nitrogens with zero attached hydrogens (tertiary/aromatic N) is 1. The van der Waals surface area contributed by atoms with Crippen LogP contribution in [0.25, 0.3) is 0 Å². The molecule has 1 saturated carbocycles. The van der Waals surface area contributed by atoms with E-state index in [1.165, 1.54) is 0 Å². The van der Waals surface area contributed by atoms with Crippen LogP contribution in [-0.2, 0) is 20.7 Å². The molecule has 1 aliphatic carbocycles. The largest absolute Gasteiger partial charge is 0.497 e. The monoisotopic (exact) mass is 413 g/mol. The van der Waals surface area contributed by atoms with Gasteiger partial charge in [-0.1, -0.05) is 23.2 Å². The van der Waals surface area contributed by atoms with Gasteiger partial charge in [-0.15, -0.1) is 0 Å². The molecule has 3 fully saturated rings. The Hall–Kier alpha value is -1.01.